The van der Waals surface area contributed by atoms with Crippen LogP contribution in [-0.4, -0.2) is 5.91 Å². The molecule has 0 fully saturated rings. The van der Waals surface area contributed by atoms with Crippen LogP contribution in [0.25, 0.3) is 0 Å². The summed E-state index contributed by atoms with van der Waals surface area (Å²) in [6.07, 6.45) is 1.51. The first-order valence-corrected chi connectivity index (χ1v) is 5.32. The molecule has 1 rings (SSSR count). The lowest BCUT2D eigenvalue weighted by Crippen LogP contribution is -2.09. The van der Waals surface area contributed by atoms with Gasteiger partial charge in [0.2, 0.25) is 5.91 Å². The van der Waals surface area contributed by atoms with Gasteiger partial charge in [0.15, 0.2) is 0 Å². The van der Waals surface area contributed by atoms with Gasteiger partial charge in [-0.05, 0) is 31.9 Å². The average Bonchev–Trinajstić information content (AvgIpc) is 2.31. The van der Waals surface area contributed by atoms with Crippen LogP contribution in [0.3, 0.4) is 0 Å². The predicted molar refractivity (Wildman–Crippen MR) is 57.3 cm³/mol. The number of rotatable bonds is 3. The third-order valence-corrected chi connectivity index (χ3v) is 2.97. The Hall–Kier alpha value is -0.830. The summed E-state index contributed by atoms with van der Waals surface area (Å²) in [5.74, 6) is 0.115. The van der Waals surface area contributed by atoms with E-state index in [1.807, 2.05) is 13.0 Å². The van der Waals surface area contributed by atoms with Gasteiger partial charge in [-0.15, -0.1) is 11.3 Å². The lowest BCUT2D eigenvalue weighted by molar-refractivity contribution is -0.116. The molecule has 0 aliphatic rings. The van der Waals surface area contributed by atoms with Crippen LogP contribution in [0, 0.1) is 13.8 Å². The molecule has 0 aliphatic heterocycles. The summed E-state index contributed by atoms with van der Waals surface area (Å²) >= 11 is 1.64. The second-order valence-electron chi connectivity index (χ2n) is 3.15. The maximum Gasteiger partial charge on any atom is 0.224 e. The van der Waals surface area contributed by atoms with E-state index in [9.17, 15) is 4.79 Å². The van der Waals surface area contributed by atoms with Gasteiger partial charge in [-0.3, -0.25) is 4.79 Å². The van der Waals surface area contributed by atoms with Gasteiger partial charge in [0.05, 0.1) is 5.00 Å². The Morgan fingerprint density at radius 2 is 2.23 bits per heavy atom. The molecule has 1 N–H and O–H groups in total. The van der Waals surface area contributed by atoms with E-state index in [1.165, 1.54) is 10.4 Å². The Kier molecular flexibility index (Phi) is 3.48. The van der Waals surface area contributed by atoms with Crippen molar-refractivity contribution in [3.63, 3.8) is 0 Å². The Morgan fingerprint density at radius 3 is 2.69 bits per heavy atom. The molecule has 0 radical (unpaired) electrons. The van der Waals surface area contributed by atoms with E-state index in [2.05, 4.69) is 19.2 Å². The van der Waals surface area contributed by atoms with Gasteiger partial charge in [-0.2, -0.15) is 0 Å². The van der Waals surface area contributed by atoms with Gasteiger partial charge in [0.1, 0.15) is 0 Å². The lowest BCUT2D eigenvalue weighted by Gasteiger charge is -1.98. The Balaban J connectivity index is 2.59. The summed E-state index contributed by atoms with van der Waals surface area (Å²) in [6.45, 7) is 6.13. The predicted octanol–water partition coefficient (Wildman–Crippen LogP) is 3.10. The van der Waals surface area contributed by atoms with Gasteiger partial charge in [0.25, 0.3) is 0 Å². The van der Waals surface area contributed by atoms with Crippen molar-refractivity contribution in [3.05, 3.63) is 16.5 Å². The molecule has 0 unspecified atom stereocenters. The Bertz CT molecular complexity index is 284. The fourth-order valence-corrected chi connectivity index (χ4v) is 2.01. The van der Waals surface area contributed by atoms with Gasteiger partial charge in [-0.25, -0.2) is 0 Å². The van der Waals surface area contributed by atoms with Crippen molar-refractivity contribution >= 4 is 22.2 Å². The minimum absolute atomic E-state index is 0.115. The topological polar surface area (TPSA) is 29.1 Å². The smallest absolute Gasteiger partial charge is 0.224 e. The number of amides is 1. The number of anilines is 1. The molecule has 13 heavy (non-hydrogen) atoms. The van der Waals surface area contributed by atoms with Gasteiger partial charge in [0, 0.05) is 11.3 Å². The molecule has 1 amide bonds. The van der Waals surface area contributed by atoms with Gasteiger partial charge in [-0.1, -0.05) is 6.92 Å². The zero-order chi connectivity index (χ0) is 9.84. The van der Waals surface area contributed by atoms with E-state index >= 15 is 0 Å². The Labute approximate surface area is 83.0 Å². The summed E-state index contributed by atoms with van der Waals surface area (Å²) in [4.78, 5) is 12.5. The molecule has 1 aromatic heterocycles. The molecule has 72 valence electrons. The van der Waals surface area contributed by atoms with E-state index < -0.39 is 0 Å². The second-order valence-corrected chi connectivity index (χ2v) is 4.40. The normalized spacial score (nSPS) is 10.1. The standard InChI is InChI=1S/C10H15NOS/c1-4-5-9(12)11-10-6-7(2)8(3)13-10/h6H,4-5H2,1-3H3,(H,11,12). The maximum atomic E-state index is 11.2. The van der Waals surface area contributed by atoms with Crippen molar-refractivity contribution in [2.24, 2.45) is 0 Å². The largest absolute Gasteiger partial charge is 0.318 e. The van der Waals surface area contributed by atoms with Crippen LogP contribution in [0.4, 0.5) is 5.00 Å². The van der Waals surface area contributed by atoms with E-state index in [-0.39, 0.29) is 5.91 Å². The molecule has 3 heteroatoms. The number of nitrogens with one attached hydrogen (secondary N) is 1. The fraction of sp³-hybridized carbons (Fsp3) is 0.500. The first-order chi connectivity index (χ1) is 6.13. The van der Waals surface area contributed by atoms with Crippen molar-refractivity contribution in [1.29, 1.82) is 0 Å². The van der Waals surface area contributed by atoms with Crippen molar-refractivity contribution in [2.75, 3.05) is 5.32 Å². The SMILES string of the molecule is CCCC(=O)Nc1cc(C)c(C)s1. The third-order valence-electron chi connectivity index (χ3n) is 1.91. The maximum absolute atomic E-state index is 11.2. The number of carbonyl (C=O) groups is 1. The molecule has 1 aromatic rings. The quantitative estimate of drug-likeness (QED) is 0.792. The summed E-state index contributed by atoms with van der Waals surface area (Å²) < 4.78 is 0. The highest BCUT2D eigenvalue weighted by Crippen LogP contribution is 2.25. The Morgan fingerprint density at radius 1 is 1.54 bits per heavy atom. The molecule has 0 saturated carbocycles. The zero-order valence-corrected chi connectivity index (χ0v) is 9.12. The molecule has 0 bridgehead atoms. The van der Waals surface area contributed by atoms with Crippen molar-refractivity contribution in [1.82, 2.24) is 0 Å². The highest BCUT2D eigenvalue weighted by Gasteiger charge is 2.04. The number of thiophene rings is 1. The lowest BCUT2D eigenvalue weighted by atomic mass is 10.3. The molecule has 1 heterocycles. The minimum atomic E-state index is 0.115. The first kappa shape index (κ1) is 10.3. The van der Waals surface area contributed by atoms with E-state index in [0.717, 1.165) is 11.4 Å². The molecule has 2 nitrogen and oxygen atoms in total. The third kappa shape index (κ3) is 2.84. The molecule has 0 saturated heterocycles. The first-order valence-electron chi connectivity index (χ1n) is 4.50. The number of hydrogen-bond donors (Lipinski definition) is 1. The molecule has 0 aromatic carbocycles. The zero-order valence-electron chi connectivity index (χ0n) is 8.31. The van der Waals surface area contributed by atoms with Gasteiger partial charge >= 0.3 is 0 Å². The molecule has 0 atom stereocenters. The van der Waals surface area contributed by atoms with Crippen LogP contribution < -0.4 is 5.32 Å². The van der Waals surface area contributed by atoms with Crippen molar-refractivity contribution < 1.29 is 4.79 Å². The second kappa shape index (κ2) is 4.42. The summed E-state index contributed by atoms with van der Waals surface area (Å²) in [7, 11) is 0. The van der Waals surface area contributed by atoms with E-state index in [0.29, 0.717) is 6.42 Å². The molecule has 0 spiro atoms. The molecular formula is C10H15NOS. The monoisotopic (exact) mass is 197 g/mol. The highest BCUT2D eigenvalue weighted by atomic mass is 32.1. The van der Waals surface area contributed by atoms with Crippen LogP contribution in [0.15, 0.2) is 6.07 Å². The van der Waals surface area contributed by atoms with Crippen molar-refractivity contribution in [3.8, 4) is 0 Å². The molecular weight excluding hydrogens is 182 g/mol. The van der Waals surface area contributed by atoms with Crippen molar-refractivity contribution in [2.45, 2.75) is 33.6 Å². The van der Waals surface area contributed by atoms with Gasteiger partial charge < -0.3 is 5.32 Å². The average molecular weight is 197 g/mol. The highest BCUT2D eigenvalue weighted by molar-refractivity contribution is 7.16. The summed E-state index contributed by atoms with van der Waals surface area (Å²) in [6, 6.07) is 2.02. The molecule has 0 aliphatic carbocycles. The van der Waals surface area contributed by atoms with Crippen LogP contribution in [-0.2, 0) is 4.79 Å². The number of carbonyl (C=O) groups excluding carboxylic acids is 1. The van der Waals surface area contributed by atoms with Crippen LogP contribution in [0.5, 0.6) is 0 Å². The number of hydrogen-bond acceptors (Lipinski definition) is 2. The number of aryl methyl sites for hydroxylation is 2. The minimum Gasteiger partial charge on any atom is -0.318 e. The van der Waals surface area contributed by atoms with Crippen LogP contribution >= 0.6 is 11.3 Å². The van der Waals surface area contributed by atoms with Crippen LogP contribution in [0.2, 0.25) is 0 Å². The van der Waals surface area contributed by atoms with E-state index in [4.69, 9.17) is 0 Å². The summed E-state index contributed by atoms with van der Waals surface area (Å²) in [5.41, 5.74) is 1.25. The summed E-state index contributed by atoms with van der Waals surface area (Å²) in [5, 5.41) is 3.85. The van der Waals surface area contributed by atoms with E-state index in [1.54, 1.807) is 11.3 Å². The fourth-order valence-electron chi connectivity index (χ4n) is 1.06. The van der Waals surface area contributed by atoms with Crippen LogP contribution in [0.1, 0.15) is 30.2 Å².